The number of amides is 1. The number of hydrogen-bond donors (Lipinski definition) is 1. The van der Waals surface area contributed by atoms with E-state index in [2.05, 4.69) is 15.5 Å². The number of aromatic nitrogens is 2. The number of thioether (sulfide) groups is 1. The Hall–Kier alpha value is -1.57. The third kappa shape index (κ3) is 3.74. The standard InChI is InChI=1S/C16H16ClN3O2S2/c1-3-9(2)18-12(21)8-23-16-20-19-15(22-16)14-13(17)10-6-4-5-7-11(10)24-14/h4-7,9H,3,8H2,1-2H3,(H,18,21)/t9-/m0/s1. The summed E-state index contributed by atoms with van der Waals surface area (Å²) in [6.45, 7) is 3.99. The lowest BCUT2D eigenvalue weighted by Crippen LogP contribution is -2.33. The average Bonchev–Trinajstić information content (AvgIpc) is 3.18. The van der Waals surface area contributed by atoms with Crippen molar-refractivity contribution in [1.29, 1.82) is 0 Å². The highest BCUT2D eigenvalue weighted by Gasteiger charge is 2.18. The predicted octanol–water partition coefficient (Wildman–Crippen LogP) is 4.61. The van der Waals surface area contributed by atoms with Crippen molar-refractivity contribution in [3.05, 3.63) is 29.3 Å². The molecule has 0 aliphatic carbocycles. The Bertz CT molecular complexity index is 862. The van der Waals surface area contributed by atoms with Gasteiger partial charge < -0.3 is 9.73 Å². The van der Waals surface area contributed by atoms with Gasteiger partial charge in [0.05, 0.1) is 10.8 Å². The molecule has 1 aromatic carbocycles. The van der Waals surface area contributed by atoms with Gasteiger partial charge >= 0.3 is 0 Å². The fourth-order valence-corrected chi connectivity index (χ4v) is 4.06. The smallest absolute Gasteiger partial charge is 0.277 e. The lowest BCUT2D eigenvalue weighted by atomic mass is 10.2. The van der Waals surface area contributed by atoms with Gasteiger partial charge in [-0.05, 0) is 19.4 Å². The Kier molecular flexibility index (Phi) is 5.43. The minimum atomic E-state index is -0.0472. The molecule has 1 amide bonds. The van der Waals surface area contributed by atoms with Crippen LogP contribution in [0.15, 0.2) is 33.9 Å². The van der Waals surface area contributed by atoms with Gasteiger partial charge in [-0.25, -0.2) is 0 Å². The fourth-order valence-electron chi connectivity index (χ4n) is 2.06. The van der Waals surface area contributed by atoms with E-state index in [4.69, 9.17) is 16.0 Å². The number of thiophene rings is 1. The minimum absolute atomic E-state index is 0.0472. The maximum atomic E-state index is 11.8. The van der Waals surface area contributed by atoms with E-state index >= 15 is 0 Å². The number of hydrogen-bond acceptors (Lipinski definition) is 6. The largest absolute Gasteiger partial charge is 0.410 e. The third-order valence-corrected chi connectivity index (χ3v) is 5.96. The van der Waals surface area contributed by atoms with E-state index in [1.165, 1.54) is 23.1 Å². The molecule has 0 bridgehead atoms. The highest BCUT2D eigenvalue weighted by atomic mass is 35.5. The minimum Gasteiger partial charge on any atom is -0.410 e. The van der Waals surface area contributed by atoms with E-state index in [0.29, 0.717) is 16.1 Å². The number of benzene rings is 1. The average molecular weight is 382 g/mol. The summed E-state index contributed by atoms with van der Waals surface area (Å²) in [7, 11) is 0. The highest BCUT2D eigenvalue weighted by molar-refractivity contribution is 7.99. The van der Waals surface area contributed by atoms with Crippen molar-refractivity contribution in [1.82, 2.24) is 15.5 Å². The van der Waals surface area contributed by atoms with E-state index < -0.39 is 0 Å². The molecule has 3 rings (SSSR count). The molecule has 0 aliphatic heterocycles. The van der Waals surface area contributed by atoms with Crippen LogP contribution in [0.2, 0.25) is 5.02 Å². The Morgan fingerprint density at radius 3 is 2.96 bits per heavy atom. The first-order valence-electron chi connectivity index (χ1n) is 7.51. The second-order valence-electron chi connectivity index (χ2n) is 5.28. The Labute approximate surface area is 152 Å². The summed E-state index contributed by atoms with van der Waals surface area (Å²) in [5, 5.41) is 12.9. The van der Waals surface area contributed by atoms with Gasteiger partial charge in [-0.15, -0.1) is 21.5 Å². The normalized spacial score (nSPS) is 12.5. The third-order valence-electron chi connectivity index (χ3n) is 3.48. The van der Waals surface area contributed by atoms with Crippen molar-refractivity contribution < 1.29 is 9.21 Å². The van der Waals surface area contributed by atoms with Crippen LogP contribution in [-0.4, -0.2) is 27.9 Å². The summed E-state index contributed by atoms with van der Waals surface area (Å²) in [5.41, 5.74) is 0. The molecular weight excluding hydrogens is 366 g/mol. The molecular formula is C16H16ClN3O2S2. The number of carbonyl (C=O) groups excluding carboxylic acids is 1. The van der Waals surface area contributed by atoms with Crippen LogP contribution in [0.1, 0.15) is 20.3 Å². The van der Waals surface area contributed by atoms with Crippen molar-refractivity contribution in [3.63, 3.8) is 0 Å². The SMILES string of the molecule is CC[C@H](C)NC(=O)CSc1nnc(-c2sc3ccccc3c2Cl)o1. The zero-order valence-corrected chi connectivity index (χ0v) is 15.6. The molecule has 2 aromatic heterocycles. The van der Waals surface area contributed by atoms with Gasteiger partial charge in [0.1, 0.15) is 4.88 Å². The van der Waals surface area contributed by atoms with E-state index in [9.17, 15) is 4.79 Å². The van der Waals surface area contributed by atoms with Crippen LogP contribution in [0.4, 0.5) is 0 Å². The van der Waals surface area contributed by atoms with Crippen molar-refractivity contribution in [2.75, 3.05) is 5.75 Å². The van der Waals surface area contributed by atoms with Crippen LogP contribution in [0.3, 0.4) is 0 Å². The molecule has 0 aliphatic rings. The quantitative estimate of drug-likeness (QED) is 0.631. The van der Waals surface area contributed by atoms with Crippen LogP contribution in [0, 0.1) is 0 Å². The van der Waals surface area contributed by atoms with Crippen LogP contribution >= 0.6 is 34.7 Å². The number of nitrogens with zero attached hydrogens (tertiary/aromatic N) is 2. The van der Waals surface area contributed by atoms with Crippen molar-refractivity contribution in [3.8, 4) is 10.8 Å². The molecule has 8 heteroatoms. The molecule has 24 heavy (non-hydrogen) atoms. The molecule has 0 radical (unpaired) electrons. The zero-order chi connectivity index (χ0) is 17.1. The Balaban J connectivity index is 1.71. The van der Waals surface area contributed by atoms with Gasteiger partial charge in [0.25, 0.3) is 11.1 Å². The zero-order valence-electron chi connectivity index (χ0n) is 13.2. The molecule has 3 aromatic rings. The van der Waals surface area contributed by atoms with E-state index in [1.807, 2.05) is 38.1 Å². The number of fused-ring (bicyclic) bond motifs is 1. The molecule has 0 saturated carbocycles. The van der Waals surface area contributed by atoms with Gasteiger partial charge in [-0.2, -0.15) is 0 Å². The lowest BCUT2D eigenvalue weighted by Gasteiger charge is -2.09. The summed E-state index contributed by atoms with van der Waals surface area (Å²) >= 11 is 9.14. The number of halogens is 1. The number of rotatable bonds is 6. The summed E-state index contributed by atoms with van der Waals surface area (Å²) in [5.74, 6) is 0.576. The fraction of sp³-hybridized carbons (Fsp3) is 0.312. The topological polar surface area (TPSA) is 68.0 Å². The molecule has 2 heterocycles. The molecule has 1 atom stereocenters. The van der Waals surface area contributed by atoms with E-state index in [1.54, 1.807) is 0 Å². The molecule has 1 N–H and O–H groups in total. The summed E-state index contributed by atoms with van der Waals surface area (Å²) in [6, 6.07) is 8.03. The second kappa shape index (κ2) is 7.55. The van der Waals surface area contributed by atoms with Gasteiger partial charge in [0.15, 0.2) is 0 Å². The van der Waals surface area contributed by atoms with Crippen LogP contribution in [0.5, 0.6) is 0 Å². The van der Waals surface area contributed by atoms with Crippen LogP contribution in [-0.2, 0) is 4.79 Å². The first-order chi connectivity index (χ1) is 11.6. The van der Waals surface area contributed by atoms with Gasteiger partial charge in [-0.1, -0.05) is 48.5 Å². The van der Waals surface area contributed by atoms with Crippen molar-refractivity contribution in [2.45, 2.75) is 31.5 Å². The summed E-state index contributed by atoms with van der Waals surface area (Å²) < 4.78 is 6.72. The lowest BCUT2D eigenvalue weighted by molar-refractivity contribution is -0.119. The van der Waals surface area contributed by atoms with Gasteiger partial charge in [-0.3, -0.25) is 4.79 Å². The number of nitrogens with one attached hydrogen (secondary N) is 1. The monoisotopic (exact) mass is 381 g/mol. The van der Waals surface area contributed by atoms with Crippen molar-refractivity contribution >= 4 is 50.7 Å². The molecule has 0 fully saturated rings. The van der Waals surface area contributed by atoms with Crippen LogP contribution in [0.25, 0.3) is 20.9 Å². The van der Waals surface area contributed by atoms with Crippen LogP contribution < -0.4 is 5.32 Å². The number of carbonyl (C=O) groups is 1. The summed E-state index contributed by atoms with van der Waals surface area (Å²) in [6.07, 6.45) is 0.894. The highest BCUT2D eigenvalue weighted by Crippen LogP contribution is 2.41. The maximum Gasteiger partial charge on any atom is 0.277 e. The Morgan fingerprint density at radius 1 is 1.42 bits per heavy atom. The molecule has 126 valence electrons. The first kappa shape index (κ1) is 17.3. The molecule has 0 spiro atoms. The van der Waals surface area contributed by atoms with Crippen molar-refractivity contribution in [2.24, 2.45) is 0 Å². The second-order valence-corrected chi connectivity index (χ2v) is 7.64. The Morgan fingerprint density at radius 2 is 2.21 bits per heavy atom. The molecule has 0 saturated heterocycles. The predicted molar refractivity (Wildman–Crippen MR) is 98.7 cm³/mol. The molecule has 0 unspecified atom stereocenters. The van der Waals surface area contributed by atoms with Gasteiger partial charge in [0.2, 0.25) is 5.91 Å². The summed E-state index contributed by atoms with van der Waals surface area (Å²) in [4.78, 5) is 12.5. The van der Waals surface area contributed by atoms with Gasteiger partial charge in [0, 0.05) is 16.1 Å². The first-order valence-corrected chi connectivity index (χ1v) is 9.69. The van der Waals surface area contributed by atoms with E-state index in [-0.39, 0.29) is 17.7 Å². The van der Waals surface area contributed by atoms with E-state index in [0.717, 1.165) is 21.4 Å². The maximum absolute atomic E-state index is 11.8. The molecule has 5 nitrogen and oxygen atoms in total.